The van der Waals surface area contributed by atoms with Crippen LogP contribution in [0.5, 0.6) is 5.75 Å². The topological polar surface area (TPSA) is 53.3 Å². The molecule has 0 N–H and O–H groups in total. The number of nitrogens with zero attached hydrogens (tertiary/aromatic N) is 2. The van der Waals surface area contributed by atoms with Crippen LogP contribution in [-0.2, 0) is 0 Å². The number of allylic oxidation sites excluding steroid dienone is 1. The molecule has 0 amide bonds. The van der Waals surface area contributed by atoms with Crippen LogP contribution in [0.3, 0.4) is 0 Å². The Kier molecular flexibility index (Phi) is 4.29. The van der Waals surface area contributed by atoms with E-state index < -0.39 is 0 Å². The van der Waals surface area contributed by atoms with Gasteiger partial charge in [0.25, 0.3) is 0 Å². The Labute approximate surface area is 101 Å². The fourth-order valence-electron chi connectivity index (χ4n) is 1.29. The third-order valence-corrected chi connectivity index (χ3v) is 2.10. The summed E-state index contributed by atoms with van der Waals surface area (Å²) in [5, 5.41) is 8.92. The number of benzene rings is 1. The van der Waals surface area contributed by atoms with E-state index in [4.69, 9.17) is 10.00 Å². The van der Waals surface area contributed by atoms with E-state index in [2.05, 4.69) is 0 Å². The van der Waals surface area contributed by atoms with Gasteiger partial charge in [0.05, 0.1) is 7.11 Å². The molecule has 17 heavy (non-hydrogen) atoms. The summed E-state index contributed by atoms with van der Waals surface area (Å²) in [6.45, 7) is 0. The lowest BCUT2D eigenvalue weighted by Gasteiger charge is -2.06. The van der Waals surface area contributed by atoms with Crippen molar-refractivity contribution in [2.75, 3.05) is 21.2 Å². The lowest BCUT2D eigenvalue weighted by molar-refractivity contribution is 0.103. The molecule has 0 heterocycles. The highest BCUT2D eigenvalue weighted by atomic mass is 16.5. The molecule has 4 nitrogen and oxygen atoms in total. The van der Waals surface area contributed by atoms with Crippen molar-refractivity contribution in [3.05, 3.63) is 41.6 Å². The Hall–Kier alpha value is -2.28. The Balaban J connectivity index is 2.99. The van der Waals surface area contributed by atoms with Gasteiger partial charge in [0.2, 0.25) is 5.78 Å². The fourth-order valence-corrected chi connectivity index (χ4v) is 1.29. The Morgan fingerprint density at radius 1 is 1.35 bits per heavy atom. The van der Waals surface area contributed by atoms with Crippen molar-refractivity contribution in [1.82, 2.24) is 4.90 Å². The smallest absolute Gasteiger partial charge is 0.205 e. The summed E-state index contributed by atoms with van der Waals surface area (Å²) in [4.78, 5) is 13.6. The summed E-state index contributed by atoms with van der Waals surface area (Å²) in [6.07, 6.45) is 1.51. The monoisotopic (exact) mass is 230 g/mol. The molecule has 0 saturated heterocycles. The average Bonchev–Trinajstić information content (AvgIpc) is 2.35. The highest BCUT2D eigenvalue weighted by Crippen LogP contribution is 2.14. The van der Waals surface area contributed by atoms with Gasteiger partial charge in [-0.1, -0.05) is 0 Å². The van der Waals surface area contributed by atoms with Gasteiger partial charge in [-0.3, -0.25) is 4.79 Å². The van der Waals surface area contributed by atoms with Gasteiger partial charge >= 0.3 is 0 Å². The lowest BCUT2D eigenvalue weighted by atomic mass is 10.1. The van der Waals surface area contributed by atoms with E-state index in [9.17, 15) is 4.79 Å². The minimum Gasteiger partial charge on any atom is -0.497 e. The van der Waals surface area contributed by atoms with Crippen LogP contribution in [-0.4, -0.2) is 31.9 Å². The fraction of sp³-hybridized carbons (Fsp3) is 0.231. The van der Waals surface area contributed by atoms with Gasteiger partial charge < -0.3 is 9.64 Å². The first-order valence-corrected chi connectivity index (χ1v) is 5.05. The van der Waals surface area contributed by atoms with Crippen molar-refractivity contribution in [2.45, 2.75) is 0 Å². The van der Waals surface area contributed by atoms with Crippen molar-refractivity contribution in [2.24, 2.45) is 0 Å². The number of ether oxygens (including phenoxy) is 1. The van der Waals surface area contributed by atoms with Gasteiger partial charge in [-0.25, -0.2) is 0 Å². The Bertz CT molecular complexity index is 467. The Morgan fingerprint density at radius 3 is 2.35 bits per heavy atom. The first kappa shape index (κ1) is 12.8. The second-order valence-corrected chi connectivity index (χ2v) is 3.68. The molecule has 0 aliphatic rings. The molecule has 0 aliphatic carbocycles. The van der Waals surface area contributed by atoms with Crippen molar-refractivity contribution in [3.8, 4) is 11.8 Å². The van der Waals surface area contributed by atoms with Gasteiger partial charge in [0, 0.05) is 25.9 Å². The van der Waals surface area contributed by atoms with Crippen LogP contribution in [0.1, 0.15) is 10.4 Å². The molecule has 1 aromatic rings. The molecule has 0 aromatic heterocycles. The molecule has 4 heteroatoms. The average molecular weight is 230 g/mol. The van der Waals surface area contributed by atoms with Crippen LogP contribution >= 0.6 is 0 Å². The maximum Gasteiger partial charge on any atom is 0.205 e. The molecule has 1 rings (SSSR count). The summed E-state index contributed by atoms with van der Waals surface area (Å²) in [7, 11) is 5.08. The number of nitriles is 1. The highest BCUT2D eigenvalue weighted by Gasteiger charge is 2.12. The molecule has 0 radical (unpaired) electrons. The zero-order valence-electron chi connectivity index (χ0n) is 10.1. The summed E-state index contributed by atoms with van der Waals surface area (Å²) >= 11 is 0. The van der Waals surface area contributed by atoms with Crippen LogP contribution in [0, 0.1) is 11.3 Å². The Morgan fingerprint density at radius 2 is 1.94 bits per heavy atom. The van der Waals surface area contributed by atoms with Crippen LogP contribution in [0.25, 0.3) is 0 Å². The molecule has 0 unspecified atom stereocenters. The molecule has 0 atom stereocenters. The third kappa shape index (κ3) is 3.35. The second-order valence-electron chi connectivity index (χ2n) is 3.68. The summed E-state index contributed by atoms with van der Waals surface area (Å²) in [6, 6.07) is 8.57. The summed E-state index contributed by atoms with van der Waals surface area (Å²) in [5.74, 6) is 0.389. The number of Topliss-reactive ketones (excluding diaryl/α,β-unsaturated/α-hetero) is 1. The van der Waals surface area contributed by atoms with Gasteiger partial charge in [0.1, 0.15) is 17.4 Å². The number of carbonyl (C=O) groups is 1. The predicted molar refractivity (Wildman–Crippen MR) is 64.7 cm³/mol. The number of rotatable bonds is 4. The molecular weight excluding hydrogens is 216 g/mol. The normalized spacial score (nSPS) is 10.6. The SMILES string of the molecule is COc1ccc(C(=O)/C(C#N)=C/N(C)C)cc1. The van der Waals surface area contributed by atoms with Crippen LogP contribution in [0.4, 0.5) is 0 Å². The zero-order valence-corrected chi connectivity index (χ0v) is 10.1. The third-order valence-electron chi connectivity index (χ3n) is 2.10. The van der Waals surface area contributed by atoms with Gasteiger partial charge in [-0.2, -0.15) is 5.26 Å². The van der Waals surface area contributed by atoms with Crippen molar-refractivity contribution < 1.29 is 9.53 Å². The van der Waals surface area contributed by atoms with Gasteiger partial charge in [-0.15, -0.1) is 0 Å². The van der Waals surface area contributed by atoms with Crippen molar-refractivity contribution in [3.63, 3.8) is 0 Å². The number of methoxy groups -OCH3 is 1. The van der Waals surface area contributed by atoms with E-state index in [-0.39, 0.29) is 11.4 Å². The number of hydrogen-bond donors (Lipinski definition) is 0. The van der Waals surface area contributed by atoms with Crippen LogP contribution in [0.15, 0.2) is 36.0 Å². The van der Waals surface area contributed by atoms with Gasteiger partial charge in [0.15, 0.2) is 0 Å². The van der Waals surface area contributed by atoms with Gasteiger partial charge in [-0.05, 0) is 24.3 Å². The molecule has 88 valence electrons. The maximum absolute atomic E-state index is 12.0. The molecule has 0 bridgehead atoms. The van der Waals surface area contributed by atoms with Crippen LogP contribution in [0.2, 0.25) is 0 Å². The van der Waals surface area contributed by atoms with E-state index in [0.717, 1.165) is 0 Å². The molecule has 1 aromatic carbocycles. The quantitative estimate of drug-likeness (QED) is 0.450. The van der Waals surface area contributed by atoms with E-state index >= 15 is 0 Å². The zero-order chi connectivity index (χ0) is 12.8. The highest BCUT2D eigenvalue weighted by molar-refractivity contribution is 6.11. The molecule has 0 aliphatic heterocycles. The number of hydrogen-bond acceptors (Lipinski definition) is 4. The summed E-state index contributed by atoms with van der Waals surface area (Å²) in [5.41, 5.74) is 0.584. The predicted octanol–water partition coefficient (Wildman–Crippen LogP) is 1.85. The van der Waals surface area contributed by atoms with E-state index in [1.54, 1.807) is 50.4 Å². The number of ketones is 1. The van der Waals surface area contributed by atoms with E-state index in [0.29, 0.717) is 11.3 Å². The molecule has 0 fully saturated rings. The summed E-state index contributed by atoms with van der Waals surface area (Å²) < 4.78 is 5.00. The lowest BCUT2D eigenvalue weighted by Crippen LogP contribution is -2.08. The standard InChI is InChI=1S/C13H14N2O2/c1-15(2)9-11(8-14)13(16)10-4-6-12(17-3)7-5-10/h4-7,9H,1-3H3/b11-9+. The second kappa shape index (κ2) is 5.71. The first-order valence-electron chi connectivity index (χ1n) is 5.05. The number of carbonyl (C=O) groups excluding carboxylic acids is 1. The largest absolute Gasteiger partial charge is 0.497 e. The molecule has 0 saturated carbocycles. The van der Waals surface area contributed by atoms with E-state index in [1.165, 1.54) is 6.20 Å². The van der Waals surface area contributed by atoms with E-state index in [1.807, 2.05) is 6.07 Å². The molecule has 0 spiro atoms. The van der Waals surface area contributed by atoms with Crippen molar-refractivity contribution in [1.29, 1.82) is 5.26 Å². The minimum atomic E-state index is -0.288. The van der Waals surface area contributed by atoms with Crippen molar-refractivity contribution >= 4 is 5.78 Å². The maximum atomic E-state index is 12.0. The first-order chi connectivity index (χ1) is 8.08. The van der Waals surface area contributed by atoms with Crippen LogP contribution < -0.4 is 4.74 Å². The molecular formula is C13H14N2O2. The minimum absolute atomic E-state index is 0.111.